The van der Waals surface area contributed by atoms with Crippen molar-refractivity contribution in [1.82, 2.24) is 4.98 Å². The Hall–Kier alpha value is -3.08. The number of anilines is 2. The van der Waals surface area contributed by atoms with Gasteiger partial charge >= 0.3 is 5.97 Å². The topological polar surface area (TPSA) is 60.5 Å². The van der Waals surface area contributed by atoms with Gasteiger partial charge in [0, 0.05) is 11.1 Å². The SMILES string of the molecule is COC(=O)Cc1cc(Nc2cc(C)ccc2OC)c2ccccc2n1. The van der Waals surface area contributed by atoms with Crippen LogP contribution in [0.15, 0.2) is 48.5 Å². The first-order valence-corrected chi connectivity index (χ1v) is 7.98. The maximum absolute atomic E-state index is 11.6. The lowest BCUT2D eigenvalue weighted by Crippen LogP contribution is -2.07. The lowest BCUT2D eigenvalue weighted by atomic mass is 10.1. The molecule has 1 heterocycles. The van der Waals surface area contributed by atoms with Crippen molar-refractivity contribution < 1.29 is 14.3 Å². The first kappa shape index (κ1) is 16.8. The second-order valence-electron chi connectivity index (χ2n) is 5.76. The maximum atomic E-state index is 11.6. The summed E-state index contributed by atoms with van der Waals surface area (Å²) in [6, 6.07) is 15.6. The summed E-state index contributed by atoms with van der Waals surface area (Å²) in [5, 5.41) is 4.39. The third kappa shape index (κ3) is 3.71. The zero-order chi connectivity index (χ0) is 17.8. The van der Waals surface area contributed by atoms with Gasteiger partial charge in [-0.25, -0.2) is 0 Å². The highest BCUT2D eigenvalue weighted by Gasteiger charge is 2.11. The zero-order valence-corrected chi connectivity index (χ0v) is 14.5. The van der Waals surface area contributed by atoms with E-state index in [0.717, 1.165) is 33.6 Å². The minimum absolute atomic E-state index is 0.126. The summed E-state index contributed by atoms with van der Waals surface area (Å²) >= 11 is 0. The molecule has 0 aliphatic carbocycles. The van der Waals surface area contributed by atoms with Gasteiger partial charge in [0.05, 0.1) is 37.5 Å². The number of methoxy groups -OCH3 is 2. The minimum atomic E-state index is -0.318. The van der Waals surface area contributed by atoms with Crippen LogP contribution in [0.4, 0.5) is 11.4 Å². The number of carbonyl (C=O) groups excluding carboxylic acids is 1. The number of benzene rings is 2. The standard InChI is InChI=1S/C20H20N2O3/c1-13-8-9-19(24-2)18(10-13)22-17-11-14(12-20(23)25-3)21-16-7-5-4-6-15(16)17/h4-11H,12H2,1-3H3,(H,21,22). The maximum Gasteiger partial charge on any atom is 0.311 e. The van der Waals surface area contributed by atoms with Crippen LogP contribution in [0.25, 0.3) is 10.9 Å². The Kier molecular flexibility index (Phi) is 4.84. The number of nitrogens with zero attached hydrogens (tertiary/aromatic N) is 1. The first-order valence-electron chi connectivity index (χ1n) is 7.98. The van der Waals surface area contributed by atoms with E-state index in [1.807, 2.05) is 55.5 Å². The van der Waals surface area contributed by atoms with E-state index in [2.05, 4.69) is 10.3 Å². The number of aromatic nitrogens is 1. The van der Waals surface area contributed by atoms with Gasteiger partial charge in [-0.3, -0.25) is 9.78 Å². The predicted molar refractivity (Wildman–Crippen MR) is 98.5 cm³/mol. The summed E-state index contributed by atoms with van der Waals surface area (Å²) in [5.41, 5.74) is 4.32. The van der Waals surface area contributed by atoms with E-state index in [9.17, 15) is 4.79 Å². The van der Waals surface area contributed by atoms with Crippen LogP contribution in [-0.2, 0) is 16.0 Å². The summed E-state index contributed by atoms with van der Waals surface area (Å²) in [4.78, 5) is 16.2. The third-order valence-electron chi connectivity index (χ3n) is 3.95. The number of pyridine rings is 1. The highest BCUT2D eigenvalue weighted by Crippen LogP contribution is 2.32. The monoisotopic (exact) mass is 336 g/mol. The Morgan fingerprint density at radius 3 is 2.64 bits per heavy atom. The van der Waals surface area contributed by atoms with Crippen LogP contribution >= 0.6 is 0 Å². The van der Waals surface area contributed by atoms with Crippen molar-refractivity contribution >= 4 is 28.2 Å². The molecular weight excluding hydrogens is 316 g/mol. The van der Waals surface area contributed by atoms with Gasteiger partial charge in [0.25, 0.3) is 0 Å². The van der Waals surface area contributed by atoms with Crippen molar-refractivity contribution in [2.45, 2.75) is 13.3 Å². The van der Waals surface area contributed by atoms with Crippen LogP contribution in [0.3, 0.4) is 0 Å². The number of ether oxygens (including phenoxy) is 2. The van der Waals surface area contributed by atoms with Gasteiger partial charge in [0.2, 0.25) is 0 Å². The second-order valence-corrected chi connectivity index (χ2v) is 5.76. The Morgan fingerprint density at radius 2 is 1.88 bits per heavy atom. The molecule has 3 rings (SSSR count). The van der Waals surface area contributed by atoms with Gasteiger partial charge in [-0.15, -0.1) is 0 Å². The Balaban J connectivity index is 2.08. The molecule has 5 nitrogen and oxygen atoms in total. The number of aryl methyl sites for hydroxylation is 1. The molecule has 0 unspecified atom stereocenters. The van der Waals surface area contributed by atoms with Gasteiger partial charge in [0.1, 0.15) is 5.75 Å². The first-order chi connectivity index (χ1) is 12.1. The molecule has 25 heavy (non-hydrogen) atoms. The highest BCUT2D eigenvalue weighted by atomic mass is 16.5. The molecule has 3 aromatic rings. The van der Waals surface area contributed by atoms with E-state index in [1.54, 1.807) is 7.11 Å². The number of hydrogen-bond acceptors (Lipinski definition) is 5. The lowest BCUT2D eigenvalue weighted by Gasteiger charge is -2.15. The van der Waals surface area contributed by atoms with E-state index in [-0.39, 0.29) is 12.4 Å². The average molecular weight is 336 g/mol. The average Bonchev–Trinajstić information content (AvgIpc) is 2.62. The molecule has 0 saturated carbocycles. The third-order valence-corrected chi connectivity index (χ3v) is 3.95. The molecule has 0 aliphatic rings. The fraction of sp³-hybridized carbons (Fsp3) is 0.200. The number of rotatable bonds is 5. The summed E-state index contributed by atoms with van der Waals surface area (Å²) in [6.07, 6.45) is 0.126. The van der Waals surface area contributed by atoms with Crippen LogP contribution in [0.2, 0.25) is 0 Å². The van der Waals surface area contributed by atoms with Gasteiger partial charge < -0.3 is 14.8 Å². The summed E-state index contributed by atoms with van der Waals surface area (Å²) < 4.78 is 10.2. The quantitative estimate of drug-likeness (QED) is 0.713. The summed E-state index contributed by atoms with van der Waals surface area (Å²) in [7, 11) is 3.02. The van der Waals surface area contributed by atoms with Crippen LogP contribution in [0.1, 0.15) is 11.3 Å². The minimum Gasteiger partial charge on any atom is -0.495 e. The summed E-state index contributed by atoms with van der Waals surface area (Å²) in [6.45, 7) is 2.03. The highest BCUT2D eigenvalue weighted by molar-refractivity contribution is 5.94. The molecular formula is C20H20N2O3. The van der Waals surface area contributed by atoms with Gasteiger partial charge in [-0.2, -0.15) is 0 Å². The van der Waals surface area contributed by atoms with E-state index in [1.165, 1.54) is 7.11 Å². The number of hydrogen-bond donors (Lipinski definition) is 1. The number of carbonyl (C=O) groups is 1. The fourth-order valence-electron chi connectivity index (χ4n) is 2.71. The van der Waals surface area contributed by atoms with Crippen molar-refractivity contribution in [3.63, 3.8) is 0 Å². The molecule has 128 valence electrons. The number of fused-ring (bicyclic) bond motifs is 1. The van der Waals surface area contributed by atoms with E-state index >= 15 is 0 Å². The molecule has 2 aromatic carbocycles. The summed E-state index contributed by atoms with van der Waals surface area (Å²) in [5.74, 6) is 0.433. The molecule has 0 amide bonds. The molecule has 1 aromatic heterocycles. The molecule has 0 radical (unpaired) electrons. The van der Waals surface area contributed by atoms with E-state index in [0.29, 0.717) is 5.69 Å². The molecule has 1 N–H and O–H groups in total. The number of esters is 1. The lowest BCUT2D eigenvalue weighted by molar-refractivity contribution is -0.139. The van der Waals surface area contributed by atoms with Crippen molar-refractivity contribution in [3.05, 3.63) is 59.8 Å². The number of nitrogens with one attached hydrogen (secondary N) is 1. The molecule has 0 saturated heterocycles. The van der Waals surface area contributed by atoms with Gasteiger partial charge in [-0.1, -0.05) is 24.3 Å². The molecule has 5 heteroatoms. The van der Waals surface area contributed by atoms with Crippen LogP contribution < -0.4 is 10.1 Å². The smallest absolute Gasteiger partial charge is 0.311 e. The van der Waals surface area contributed by atoms with Crippen molar-refractivity contribution in [2.75, 3.05) is 19.5 Å². The molecule has 0 aliphatic heterocycles. The predicted octanol–water partition coefficient (Wildman–Crippen LogP) is 4.01. The zero-order valence-electron chi connectivity index (χ0n) is 14.5. The molecule has 0 bridgehead atoms. The largest absolute Gasteiger partial charge is 0.495 e. The Bertz CT molecular complexity index is 922. The van der Waals surface area contributed by atoms with Crippen LogP contribution in [-0.4, -0.2) is 25.2 Å². The van der Waals surface area contributed by atoms with Gasteiger partial charge in [0.15, 0.2) is 0 Å². The van der Waals surface area contributed by atoms with Crippen LogP contribution in [0, 0.1) is 6.92 Å². The van der Waals surface area contributed by atoms with Gasteiger partial charge in [-0.05, 0) is 36.8 Å². The normalized spacial score (nSPS) is 10.5. The Morgan fingerprint density at radius 1 is 1.08 bits per heavy atom. The second kappa shape index (κ2) is 7.21. The van der Waals surface area contributed by atoms with Crippen molar-refractivity contribution in [3.8, 4) is 5.75 Å². The molecule has 0 fully saturated rings. The van der Waals surface area contributed by atoms with E-state index in [4.69, 9.17) is 9.47 Å². The van der Waals surface area contributed by atoms with Crippen molar-refractivity contribution in [2.24, 2.45) is 0 Å². The fourth-order valence-corrected chi connectivity index (χ4v) is 2.71. The molecule has 0 atom stereocenters. The van der Waals surface area contributed by atoms with Crippen LogP contribution in [0.5, 0.6) is 5.75 Å². The molecule has 0 spiro atoms. The Labute approximate surface area is 146 Å². The van der Waals surface area contributed by atoms with Crippen molar-refractivity contribution in [1.29, 1.82) is 0 Å². The van der Waals surface area contributed by atoms with E-state index < -0.39 is 0 Å². The number of para-hydroxylation sites is 1.